The zero-order chi connectivity index (χ0) is 29.5. The molecule has 2 atom stereocenters. The van der Waals surface area contributed by atoms with Crippen LogP contribution in [0.1, 0.15) is 28.7 Å². The average Bonchev–Trinajstić information content (AvgIpc) is 3.40. The third-order valence-electron chi connectivity index (χ3n) is 7.31. The van der Waals surface area contributed by atoms with Gasteiger partial charge in [0.2, 0.25) is 0 Å². The van der Waals surface area contributed by atoms with Crippen molar-refractivity contribution in [2.45, 2.75) is 38.3 Å². The summed E-state index contributed by atoms with van der Waals surface area (Å²) in [6, 6.07) is 30.0. The number of likely N-dealkylation sites (tertiary alicyclic amines) is 1. The first-order valence-corrected chi connectivity index (χ1v) is 13.7. The second kappa shape index (κ2) is 13.2. The minimum Gasteiger partial charge on any atom is -0.496 e. The van der Waals surface area contributed by atoms with E-state index in [1.54, 1.807) is 36.3 Å². The first-order valence-electron chi connectivity index (χ1n) is 13.7. The van der Waals surface area contributed by atoms with E-state index in [0.29, 0.717) is 17.1 Å². The molecule has 1 fully saturated rings. The maximum Gasteiger partial charge on any atom is 0.321 e. The second-order valence-electron chi connectivity index (χ2n) is 10.2. The van der Waals surface area contributed by atoms with E-state index >= 15 is 0 Å². The SMILES string of the molecule is COc1c(COc2ccc(CN3C[C@@H](O)C[C@@H]3C(=O)O)c(OCc3cccc(C#N)c3)c2)cccc1-c1ccccc1. The van der Waals surface area contributed by atoms with Gasteiger partial charge in [-0.3, -0.25) is 9.69 Å². The van der Waals surface area contributed by atoms with E-state index in [1.165, 1.54) is 0 Å². The first kappa shape index (κ1) is 28.7. The van der Waals surface area contributed by atoms with Gasteiger partial charge in [0.05, 0.1) is 24.8 Å². The molecule has 0 unspecified atom stereocenters. The Morgan fingerprint density at radius 3 is 2.52 bits per heavy atom. The molecule has 8 nitrogen and oxygen atoms in total. The van der Waals surface area contributed by atoms with Gasteiger partial charge < -0.3 is 24.4 Å². The number of carboxylic acid groups (broad SMARTS) is 1. The molecular weight excluding hydrogens is 532 g/mol. The fourth-order valence-electron chi connectivity index (χ4n) is 5.26. The molecular formula is C34H32N2O6. The Morgan fingerprint density at radius 2 is 1.76 bits per heavy atom. The summed E-state index contributed by atoms with van der Waals surface area (Å²) in [6.45, 7) is 1.02. The lowest BCUT2D eigenvalue weighted by atomic mass is 10.0. The van der Waals surface area contributed by atoms with E-state index in [-0.39, 0.29) is 32.7 Å². The topological polar surface area (TPSA) is 112 Å². The highest BCUT2D eigenvalue weighted by Crippen LogP contribution is 2.35. The van der Waals surface area contributed by atoms with Gasteiger partial charge in [0.15, 0.2) is 0 Å². The predicted molar refractivity (Wildman–Crippen MR) is 157 cm³/mol. The lowest BCUT2D eigenvalue weighted by Crippen LogP contribution is -2.35. The minimum atomic E-state index is -0.964. The second-order valence-corrected chi connectivity index (χ2v) is 10.2. The van der Waals surface area contributed by atoms with Crippen molar-refractivity contribution >= 4 is 5.97 Å². The Hall–Kier alpha value is -4.84. The van der Waals surface area contributed by atoms with Gasteiger partial charge in [0.25, 0.3) is 0 Å². The number of nitriles is 1. The van der Waals surface area contributed by atoms with Crippen molar-refractivity contribution in [2.24, 2.45) is 0 Å². The molecule has 1 aliphatic rings. The Labute approximate surface area is 244 Å². The standard InChI is InChI=1S/C34H32N2O6/c1-40-33-27(11-6-12-30(33)25-9-3-2-4-10-25)22-41-29-14-13-26(19-36-20-28(37)16-31(36)34(38)39)32(17-29)42-21-24-8-5-7-23(15-24)18-35/h2-15,17,28,31,37H,16,19-22H2,1H3,(H,38,39)/t28-,31+/m0/s1. The quantitative estimate of drug-likeness (QED) is 0.249. The fraction of sp³-hybridized carbons (Fsp3) is 0.235. The summed E-state index contributed by atoms with van der Waals surface area (Å²) >= 11 is 0. The van der Waals surface area contributed by atoms with Gasteiger partial charge in [-0.25, -0.2) is 0 Å². The highest BCUT2D eigenvalue weighted by molar-refractivity contribution is 5.74. The number of para-hydroxylation sites is 1. The van der Waals surface area contributed by atoms with Crippen LogP contribution in [0.5, 0.6) is 17.2 Å². The minimum absolute atomic E-state index is 0.178. The molecule has 1 heterocycles. The predicted octanol–water partition coefficient (Wildman–Crippen LogP) is 5.41. The van der Waals surface area contributed by atoms with Gasteiger partial charge in [-0.2, -0.15) is 5.26 Å². The molecule has 42 heavy (non-hydrogen) atoms. The number of carboxylic acids is 1. The summed E-state index contributed by atoms with van der Waals surface area (Å²) in [6.07, 6.45) is -0.522. The van der Waals surface area contributed by atoms with Crippen LogP contribution in [0.2, 0.25) is 0 Å². The summed E-state index contributed by atoms with van der Waals surface area (Å²) in [5.74, 6) is 0.878. The fourth-order valence-corrected chi connectivity index (χ4v) is 5.26. The van der Waals surface area contributed by atoms with Gasteiger partial charge >= 0.3 is 5.97 Å². The third kappa shape index (κ3) is 6.72. The van der Waals surface area contributed by atoms with Crippen LogP contribution in [0.4, 0.5) is 0 Å². The number of rotatable bonds is 11. The molecule has 4 aromatic carbocycles. The van der Waals surface area contributed by atoms with Crippen molar-refractivity contribution in [3.8, 4) is 34.4 Å². The van der Waals surface area contributed by atoms with Crippen molar-refractivity contribution in [3.63, 3.8) is 0 Å². The molecule has 0 aromatic heterocycles. The number of carbonyl (C=O) groups is 1. The molecule has 0 aliphatic carbocycles. The van der Waals surface area contributed by atoms with Crippen molar-refractivity contribution in [3.05, 3.63) is 113 Å². The molecule has 5 rings (SSSR count). The number of hydrogen-bond acceptors (Lipinski definition) is 7. The molecule has 1 saturated heterocycles. The normalized spacial score (nSPS) is 16.5. The molecule has 0 amide bonds. The van der Waals surface area contributed by atoms with Crippen LogP contribution >= 0.6 is 0 Å². The molecule has 2 N–H and O–H groups in total. The van der Waals surface area contributed by atoms with Gasteiger partial charge in [0.1, 0.15) is 36.5 Å². The van der Waals surface area contributed by atoms with Crippen LogP contribution in [-0.4, -0.2) is 46.9 Å². The van der Waals surface area contributed by atoms with Gasteiger partial charge in [0, 0.05) is 42.3 Å². The first-order chi connectivity index (χ1) is 20.4. The highest BCUT2D eigenvalue weighted by atomic mass is 16.5. The molecule has 4 aromatic rings. The Bertz CT molecular complexity index is 1580. The van der Waals surface area contributed by atoms with Crippen molar-refractivity contribution in [1.82, 2.24) is 4.90 Å². The maximum atomic E-state index is 11.8. The van der Waals surface area contributed by atoms with E-state index in [1.807, 2.05) is 66.7 Å². The smallest absolute Gasteiger partial charge is 0.321 e. The van der Waals surface area contributed by atoms with E-state index < -0.39 is 18.1 Å². The van der Waals surface area contributed by atoms with E-state index in [9.17, 15) is 20.3 Å². The molecule has 0 radical (unpaired) electrons. The lowest BCUT2D eigenvalue weighted by molar-refractivity contribution is -0.142. The number of β-amino-alcohol motifs (C(OH)–C–C–N with tert-alkyl or cyclic N) is 1. The zero-order valence-corrected chi connectivity index (χ0v) is 23.3. The van der Waals surface area contributed by atoms with Gasteiger partial charge in [-0.1, -0.05) is 66.7 Å². The summed E-state index contributed by atoms with van der Waals surface area (Å²) in [5.41, 5.74) is 5.03. The molecule has 0 bridgehead atoms. The summed E-state index contributed by atoms with van der Waals surface area (Å²) in [7, 11) is 1.65. The highest BCUT2D eigenvalue weighted by Gasteiger charge is 2.36. The number of aliphatic hydroxyl groups excluding tert-OH is 1. The zero-order valence-electron chi connectivity index (χ0n) is 23.3. The van der Waals surface area contributed by atoms with E-state index in [2.05, 4.69) is 6.07 Å². The van der Waals surface area contributed by atoms with Crippen LogP contribution < -0.4 is 14.2 Å². The van der Waals surface area contributed by atoms with Crippen molar-refractivity contribution in [2.75, 3.05) is 13.7 Å². The van der Waals surface area contributed by atoms with Crippen LogP contribution in [0, 0.1) is 11.3 Å². The van der Waals surface area contributed by atoms with Crippen LogP contribution in [-0.2, 0) is 24.6 Å². The van der Waals surface area contributed by atoms with Crippen molar-refractivity contribution in [1.29, 1.82) is 5.26 Å². The largest absolute Gasteiger partial charge is 0.496 e. The van der Waals surface area contributed by atoms with Gasteiger partial charge in [-0.05, 0) is 29.3 Å². The summed E-state index contributed by atoms with van der Waals surface area (Å²) in [5, 5.41) is 29.1. The Balaban J connectivity index is 1.39. The molecule has 0 saturated carbocycles. The monoisotopic (exact) mass is 564 g/mol. The number of hydrogen-bond donors (Lipinski definition) is 2. The molecule has 214 valence electrons. The van der Waals surface area contributed by atoms with E-state index in [4.69, 9.17) is 14.2 Å². The Kier molecular flexibility index (Phi) is 9.02. The lowest BCUT2D eigenvalue weighted by Gasteiger charge is -2.23. The Morgan fingerprint density at radius 1 is 0.952 bits per heavy atom. The molecule has 0 spiro atoms. The maximum absolute atomic E-state index is 11.8. The van der Waals surface area contributed by atoms with Crippen LogP contribution in [0.3, 0.4) is 0 Å². The summed E-state index contributed by atoms with van der Waals surface area (Å²) < 4.78 is 18.2. The van der Waals surface area contributed by atoms with Gasteiger partial charge in [-0.15, -0.1) is 0 Å². The number of aliphatic carboxylic acids is 1. The number of nitrogens with zero attached hydrogens (tertiary/aromatic N) is 2. The summed E-state index contributed by atoms with van der Waals surface area (Å²) in [4.78, 5) is 13.5. The molecule has 1 aliphatic heterocycles. The third-order valence-corrected chi connectivity index (χ3v) is 7.31. The van der Waals surface area contributed by atoms with E-state index in [0.717, 1.165) is 33.6 Å². The average molecular weight is 565 g/mol. The molecule has 8 heteroatoms. The number of aliphatic hydroxyl groups is 1. The van der Waals surface area contributed by atoms with Crippen LogP contribution in [0.15, 0.2) is 91.0 Å². The van der Waals surface area contributed by atoms with Crippen molar-refractivity contribution < 1.29 is 29.2 Å². The van der Waals surface area contributed by atoms with Crippen LogP contribution in [0.25, 0.3) is 11.1 Å². The number of benzene rings is 4. The number of methoxy groups -OCH3 is 1. The number of ether oxygens (including phenoxy) is 3.